The zero-order chi connectivity index (χ0) is 30.9. The average molecular weight is 617 g/mol. The Morgan fingerprint density at radius 2 is 1.53 bits per heavy atom. The molecular formula is C30H19ClF6N4O2. The van der Waals surface area contributed by atoms with Crippen molar-refractivity contribution in [2.45, 2.75) is 12.4 Å². The minimum Gasteiger partial charge on any atom is -0.497 e. The monoisotopic (exact) mass is 616 g/mol. The zero-order valence-corrected chi connectivity index (χ0v) is 22.7. The highest BCUT2D eigenvalue weighted by atomic mass is 35.5. The van der Waals surface area contributed by atoms with E-state index in [1.54, 1.807) is 61.1 Å². The molecule has 0 aliphatic carbocycles. The number of amides is 1. The van der Waals surface area contributed by atoms with Crippen LogP contribution < -0.4 is 10.1 Å². The van der Waals surface area contributed by atoms with Gasteiger partial charge in [0.1, 0.15) is 11.4 Å². The first-order valence-electron chi connectivity index (χ1n) is 12.4. The molecule has 0 saturated heterocycles. The van der Waals surface area contributed by atoms with Crippen LogP contribution >= 0.6 is 11.6 Å². The van der Waals surface area contributed by atoms with Crippen LogP contribution in [0.25, 0.3) is 28.1 Å². The van der Waals surface area contributed by atoms with Gasteiger partial charge in [0.25, 0.3) is 5.91 Å². The molecule has 2 heterocycles. The Bertz CT molecular complexity index is 1770. The average Bonchev–Trinajstić information content (AvgIpc) is 3.42. The van der Waals surface area contributed by atoms with E-state index in [9.17, 15) is 31.1 Å². The summed E-state index contributed by atoms with van der Waals surface area (Å²) in [6.07, 6.45) is -5.23. The lowest BCUT2D eigenvalue weighted by atomic mass is 10.0. The van der Waals surface area contributed by atoms with Crippen molar-refractivity contribution >= 4 is 23.2 Å². The van der Waals surface area contributed by atoms with Gasteiger partial charge in [-0.25, -0.2) is 4.68 Å². The number of hydrogen-bond acceptors (Lipinski definition) is 4. The van der Waals surface area contributed by atoms with Crippen molar-refractivity contribution in [1.82, 2.24) is 14.8 Å². The van der Waals surface area contributed by atoms with Crippen LogP contribution in [-0.4, -0.2) is 27.8 Å². The molecule has 6 nitrogen and oxygen atoms in total. The van der Waals surface area contributed by atoms with Crippen molar-refractivity contribution in [1.29, 1.82) is 0 Å². The summed E-state index contributed by atoms with van der Waals surface area (Å²) < 4.78 is 86.6. The number of ether oxygens (including phenoxy) is 1. The summed E-state index contributed by atoms with van der Waals surface area (Å²) in [4.78, 5) is 16.9. The molecule has 0 aliphatic heterocycles. The van der Waals surface area contributed by atoms with Crippen LogP contribution in [-0.2, 0) is 12.4 Å². The second-order valence-corrected chi connectivity index (χ2v) is 9.69. The fourth-order valence-corrected chi connectivity index (χ4v) is 4.52. The van der Waals surface area contributed by atoms with Crippen molar-refractivity contribution in [2.24, 2.45) is 0 Å². The largest absolute Gasteiger partial charge is 0.497 e. The van der Waals surface area contributed by atoms with Gasteiger partial charge in [-0.05, 0) is 72.3 Å². The molecular weight excluding hydrogens is 598 g/mol. The normalized spacial score (nSPS) is 11.8. The fourth-order valence-electron chi connectivity index (χ4n) is 4.29. The van der Waals surface area contributed by atoms with Crippen LogP contribution in [0.5, 0.6) is 5.75 Å². The zero-order valence-electron chi connectivity index (χ0n) is 22.0. The Morgan fingerprint density at radius 3 is 2.16 bits per heavy atom. The molecule has 220 valence electrons. The van der Waals surface area contributed by atoms with Gasteiger partial charge in [0.05, 0.1) is 23.9 Å². The number of pyridine rings is 1. The third-order valence-electron chi connectivity index (χ3n) is 6.30. The van der Waals surface area contributed by atoms with Gasteiger partial charge in [0, 0.05) is 46.0 Å². The number of hydrogen-bond donors (Lipinski definition) is 1. The highest BCUT2D eigenvalue weighted by Crippen LogP contribution is 2.37. The molecule has 0 aliphatic rings. The first kappa shape index (κ1) is 29.6. The molecule has 5 aromatic rings. The quantitative estimate of drug-likeness (QED) is 0.194. The number of benzene rings is 3. The second-order valence-electron chi connectivity index (χ2n) is 9.25. The molecule has 0 atom stereocenters. The third-order valence-corrected chi connectivity index (χ3v) is 6.52. The number of methoxy groups -OCH3 is 1. The van der Waals surface area contributed by atoms with Crippen LogP contribution in [0, 0.1) is 0 Å². The van der Waals surface area contributed by atoms with Crippen LogP contribution in [0.4, 0.5) is 32.0 Å². The summed E-state index contributed by atoms with van der Waals surface area (Å²) in [6.45, 7) is 0. The molecule has 3 aromatic carbocycles. The van der Waals surface area contributed by atoms with Gasteiger partial charge in [-0.3, -0.25) is 9.78 Å². The molecule has 0 unspecified atom stereocenters. The lowest BCUT2D eigenvalue weighted by molar-refractivity contribution is -0.143. The van der Waals surface area contributed by atoms with Crippen LogP contribution in [0.15, 0.2) is 91.4 Å². The number of aromatic nitrogens is 3. The fraction of sp³-hybridized carbons (Fsp3) is 0.100. The molecule has 13 heteroatoms. The SMILES string of the molecule is COc1cc(Cl)cc(-c2nn(-c3cccc(NC(=O)c4cc(C(F)(F)F)cc(C(F)(F)F)c4)c3)cc2-c2ccncc2)c1. The van der Waals surface area contributed by atoms with Crippen LogP contribution in [0.2, 0.25) is 5.02 Å². The van der Waals surface area contributed by atoms with Gasteiger partial charge in [-0.2, -0.15) is 31.4 Å². The predicted octanol–water partition coefficient (Wildman–Crippen LogP) is 8.55. The van der Waals surface area contributed by atoms with E-state index in [0.717, 1.165) is 5.56 Å². The summed E-state index contributed by atoms with van der Waals surface area (Å²) in [5.41, 5.74) is -0.778. The van der Waals surface area contributed by atoms with Gasteiger partial charge in [0.2, 0.25) is 0 Å². The number of rotatable bonds is 6. The van der Waals surface area contributed by atoms with E-state index >= 15 is 0 Å². The topological polar surface area (TPSA) is 69.0 Å². The summed E-state index contributed by atoms with van der Waals surface area (Å²) in [5, 5.41) is 7.51. The number of carbonyl (C=O) groups is 1. The molecule has 0 spiro atoms. The highest BCUT2D eigenvalue weighted by molar-refractivity contribution is 6.31. The number of alkyl halides is 6. The molecule has 1 amide bonds. The maximum Gasteiger partial charge on any atom is 0.416 e. The molecule has 0 saturated carbocycles. The van der Waals surface area contributed by atoms with Crippen molar-refractivity contribution in [3.05, 3.63) is 113 Å². The Balaban J connectivity index is 1.52. The van der Waals surface area contributed by atoms with Gasteiger partial charge in [0.15, 0.2) is 0 Å². The van der Waals surface area contributed by atoms with Crippen molar-refractivity contribution in [3.8, 4) is 33.8 Å². The van der Waals surface area contributed by atoms with Crippen LogP contribution in [0.1, 0.15) is 21.5 Å². The molecule has 43 heavy (non-hydrogen) atoms. The maximum atomic E-state index is 13.3. The number of nitrogens with zero attached hydrogens (tertiary/aromatic N) is 3. The predicted molar refractivity (Wildman–Crippen MR) is 148 cm³/mol. The molecule has 0 fully saturated rings. The van der Waals surface area contributed by atoms with E-state index in [-0.39, 0.29) is 11.8 Å². The molecule has 5 rings (SSSR count). The van der Waals surface area contributed by atoms with E-state index < -0.39 is 35.0 Å². The minimum absolute atomic E-state index is 0.0391. The van der Waals surface area contributed by atoms with Crippen molar-refractivity contribution in [3.63, 3.8) is 0 Å². The first-order chi connectivity index (χ1) is 20.3. The van der Waals surface area contributed by atoms with E-state index in [1.165, 1.54) is 23.9 Å². The lowest BCUT2D eigenvalue weighted by Gasteiger charge is -2.14. The number of nitrogens with one attached hydrogen (secondary N) is 1. The van der Waals surface area contributed by atoms with Gasteiger partial charge >= 0.3 is 12.4 Å². The molecule has 1 N–H and O–H groups in total. The first-order valence-corrected chi connectivity index (χ1v) is 12.8. The Morgan fingerprint density at radius 1 is 0.860 bits per heavy atom. The molecule has 0 radical (unpaired) electrons. The lowest BCUT2D eigenvalue weighted by Crippen LogP contribution is -2.17. The second kappa shape index (κ2) is 11.4. The van der Waals surface area contributed by atoms with E-state index in [1.807, 2.05) is 0 Å². The number of halogens is 7. The maximum absolute atomic E-state index is 13.3. The van der Waals surface area contributed by atoms with Gasteiger partial charge < -0.3 is 10.1 Å². The standard InChI is InChI=1S/C30H19ClF6N4O2/c1-43-25-12-18(11-22(31)14-25)27-26(17-5-7-38-8-6-17)16-41(40-27)24-4-2-3-23(15-24)39-28(42)19-9-20(29(32,33)34)13-21(10-19)30(35,36)37/h2-16H,1H3,(H,39,42). The van der Waals surface area contributed by atoms with Crippen molar-refractivity contribution < 1.29 is 35.9 Å². The Labute approximate surface area is 245 Å². The van der Waals surface area contributed by atoms with E-state index in [2.05, 4.69) is 10.3 Å². The molecule has 2 aromatic heterocycles. The van der Waals surface area contributed by atoms with E-state index in [4.69, 9.17) is 21.4 Å². The summed E-state index contributed by atoms with van der Waals surface area (Å²) in [5.74, 6) is -0.649. The summed E-state index contributed by atoms with van der Waals surface area (Å²) in [6, 6.07) is 15.5. The highest BCUT2D eigenvalue weighted by Gasteiger charge is 2.37. The smallest absolute Gasteiger partial charge is 0.416 e. The van der Waals surface area contributed by atoms with Crippen LogP contribution in [0.3, 0.4) is 0 Å². The summed E-state index contributed by atoms with van der Waals surface area (Å²) in [7, 11) is 1.50. The van der Waals surface area contributed by atoms with Gasteiger partial charge in [-0.15, -0.1) is 0 Å². The van der Waals surface area contributed by atoms with Gasteiger partial charge in [-0.1, -0.05) is 17.7 Å². The Kier molecular flexibility index (Phi) is 7.89. The number of anilines is 1. The van der Waals surface area contributed by atoms with E-state index in [0.29, 0.717) is 45.4 Å². The van der Waals surface area contributed by atoms with Crippen molar-refractivity contribution in [2.75, 3.05) is 12.4 Å². The molecule has 0 bridgehead atoms. The summed E-state index contributed by atoms with van der Waals surface area (Å²) >= 11 is 6.30. The Hall–Kier alpha value is -4.84. The minimum atomic E-state index is -5.09. The third kappa shape index (κ3) is 6.64. The number of carbonyl (C=O) groups excluding carboxylic acids is 1.